The number of aromatic nitrogens is 2. The Balaban J connectivity index is 1.65. The minimum atomic E-state index is -3.43. The molecular formula is C25H27N3O7S. The fourth-order valence-electron chi connectivity index (χ4n) is 3.58. The molecule has 0 fully saturated rings. The van der Waals surface area contributed by atoms with Crippen LogP contribution in [-0.4, -0.2) is 56.5 Å². The zero-order valence-corrected chi connectivity index (χ0v) is 21.0. The Morgan fingerprint density at radius 2 is 1.94 bits per heavy atom. The van der Waals surface area contributed by atoms with Crippen molar-refractivity contribution in [1.82, 2.24) is 9.97 Å². The molecule has 1 aliphatic heterocycles. The van der Waals surface area contributed by atoms with Gasteiger partial charge in [0.1, 0.15) is 34.0 Å². The van der Waals surface area contributed by atoms with Crippen LogP contribution in [0.3, 0.4) is 0 Å². The van der Waals surface area contributed by atoms with Crippen molar-refractivity contribution in [3.8, 4) is 23.0 Å². The normalized spacial score (nSPS) is 15.1. The molecular weight excluding hydrogens is 486 g/mol. The number of sulfone groups is 1. The van der Waals surface area contributed by atoms with Crippen LogP contribution in [0.1, 0.15) is 29.4 Å². The maximum atomic E-state index is 13.2. The standard InChI is InChI=1S/C25H27N3O7S/c1-16-13-27-24(14-26-16)28-25(29)20-11-18(34-17(2)15-32-3)5-7-21(20)35-19-6-8-23-22(12-19)33-9-4-10-36(23,30)31/h5-8,11-14,17H,4,9-10,15H2,1-3H3,(H,27,28,29)/t17-/m0/s1. The van der Waals surface area contributed by atoms with Crippen molar-refractivity contribution < 1.29 is 32.2 Å². The van der Waals surface area contributed by atoms with E-state index in [1.165, 1.54) is 24.4 Å². The molecule has 4 rings (SSSR count). The maximum absolute atomic E-state index is 13.2. The third kappa shape index (κ3) is 6.10. The summed E-state index contributed by atoms with van der Waals surface area (Å²) in [4.78, 5) is 21.6. The third-order valence-corrected chi connectivity index (χ3v) is 7.08. The van der Waals surface area contributed by atoms with Crippen LogP contribution >= 0.6 is 0 Å². The molecule has 0 aliphatic carbocycles. The van der Waals surface area contributed by atoms with E-state index in [0.717, 1.165) is 0 Å². The predicted octanol–water partition coefficient (Wildman–Crippen LogP) is 3.80. The lowest BCUT2D eigenvalue weighted by Crippen LogP contribution is -2.19. The second-order valence-electron chi connectivity index (χ2n) is 8.27. The number of amides is 1. The molecule has 36 heavy (non-hydrogen) atoms. The van der Waals surface area contributed by atoms with Crippen LogP contribution in [0.2, 0.25) is 0 Å². The molecule has 0 bridgehead atoms. The summed E-state index contributed by atoms with van der Waals surface area (Å²) in [7, 11) is -1.86. The molecule has 0 radical (unpaired) electrons. The first-order chi connectivity index (χ1) is 17.2. The minimum absolute atomic E-state index is 0.0232. The minimum Gasteiger partial charge on any atom is -0.492 e. The van der Waals surface area contributed by atoms with Gasteiger partial charge in [-0.3, -0.25) is 9.78 Å². The van der Waals surface area contributed by atoms with Crippen LogP contribution in [0.4, 0.5) is 5.82 Å². The lowest BCUT2D eigenvalue weighted by Gasteiger charge is -2.17. The molecule has 190 valence electrons. The summed E-state index contributed by atoms with van der Waals surface area (Å²) in [5.41, 5.74) is 0.898. The maximum Gasteiger partial charge on any atom is 0.260 e. The zero-order valence-electron chi connectivity index (χ0n) is 20.2. The number of aryl methyl sites for hydroxylation is 1. The molecule has 1 aromatic heterocycles. The number of methoxy groups -OCH3 is 1. The molecule has 0 spiro atoms. The monoisotopic (exact) mass is 513 g/mol. The van der Waals surface area contributed by atoms with Crippen LogP contribution in [0.25, 0.3) is 0 Å². The molecule has 1 N–H and O–H groups in total. The van der Waals surface area contributed by atoms with E-state index in [4.69, 9.17) is 18.9 Å². The Morgan fingerprint density at radius 3 is 2.69 bits per heavy atom. The first-order valence-electron chi connectivity index (χ1n) is 11.3. The fourth-order valence-corrected chi connectivity index (χ4v) is 5.00. The van der Waals surface area contributed by atoms with Crippen molar-refractivity contribution in [1.29, 1.82) is 0 Å². The van der Waals surface area contributed by atoms with Gasteiger partial charge in [0.25, 0.3) is 5.91 Å². The highest BCUT2D eigenvalue weighted by molar-refractivity contribution is 7.91. The topological polar surface area (TPSA) is 126 Å². The van der Waals surface area contributed by atoms with Gasteiger partial charge in [-0.05, 0) is 50.6 Å². The van der Waals surface area contributed by atoms with E-state index < -0.39 is 15.7 Å². The number of nitrogens with zero attached hydrogens (tertiary/aromatic N) is 2. The average molecular weight is 514 g/mol. The van der Waals surface area contributed by atoms with Gasteiger partial charge in [0.2, 0.25) is 0 Å². The van der Waals surface area contributed by atoms with E-state index in [1.54, 1.807) is 38.4 Å². The molecule has 0 saturated heterocycles. The largest absolute Gasteiger partial charge is 0.492 e. The van der Waals surface area contributed by atoms with Gasteiger partial charge in [-0.15, -0.1) is 0 Å². The van der Waals surface area contributed by atoms with E-state index in [-0.39, 0.29) is 46.2 Å². The number of anilines is 1. The highest BCUT2D eigenvalue weighted by Crippen LogP contribution is 2.35. The number of benzene rings is 2. The molecule has 0 saturated carbocycles. The molecule has 0 unspecified atom stereocenters. The third-order valence-electron chi connectivity index (χ3n) is 5.25. The molecule has 3 aromatic rings. The molecule has 2 heterocycles. The van der Waals surface area contributed by atoms with E-state index in [1.807, 2.05) is 6.92 Å². The van der Waals surface area contributed by atoms with Crippen LogP contribution in [0.15, 0.2) is 53.7 Å². The Bertz CT molecular complexity index is 1340. The lowest BCUT2D eigenvalue weighted by atomic mass is 10.1. The van der Waals surface area contributed by atoms with E-state index >= 15 is 0 Å². The van der Waals surface area contributed by atoms with Crippen LogP contribution in [0.5, 0.6) is 23.0 Å². The predicted molar refractivity (Wildman–Crippen MR) is 132 cm³/mol. The SMILES string of the molecule is COC[C@H](C)Oc1ccc(Oc2ccc3c(c2)OCCCS3(=O)=O)c(C(=O)Nc2cnc(C)cn2)c1. The summed E-state index contributed by atoms with van der Waals surface area (Å²) in [5.74, 6) is 1.03. The van der Waals surface area contributed by atoms with Gasteiger partial charge in [0, 0.05) is 13.2 Å². The van der Waals surface area contributed by atoms with Crippen molar-refractivity contribution in [2.75, 3.05) is 31.4 Å². The molecule has 10 nitrogen and oxygen atoms in total. The Morgan fingerprint density at radius 1 is 1.14 bits per heavy atom. The van der Waals surface area contributed by atoms with Gasteiger partial charge in [0.05, 0.1) is 42.6 Å². The van der Waals surface area contributed by atoms with Crippen molar-refractivity contribution >= 4 is 21.6 Å². The average Bonchev–Trinajstić information content (AvgIpc) is 2.99. The quantitative estimate of drug-likeness (QED) is 0.479. The summed E-state index contributed by atoms with van der Waals surface area (Å²) in [5, 5.41) is 2.71. The van der Waals surface area contributed by atoms with Crippen LogP contribution < -0.4 is 19.5 Å². The number of rotatable bonds is 8. The number of hydrogen-bond acceptors (Lipinski definition) is 9. The van der Waals surface area contributed by atoms with Gasteiger partial charge < -0.3 is 24.3 Å². The molecule has 11 heteroatoms. The van der Waals surface area contributed by atoms with Gasteiger partial charge in [0.15, 0.2) is 15.7 Å². The Labute approximate surface area is 209 Å². The lowest BCUT2D eigenvalue weighted by molar-refractivity contribution is 0.0916. The highest BCUT2D eigenvalue weighted by atomic mass is 32.2. The number of nitrogens with one attached hydrogen (secondary N) is 1. The summed E-state index contributed by atoms with van der Waals surface area (Å²) in [6.45, 7) is 4.30. The van der Waals surface area contributed by atoms with Crippen molar-refractivity contribution in [3.63, 3.8) is 0 Å². The molecule has 2 aromatic carbocycles. The smallest absolute Gasteiger partial charge is 0.260 e. The zero-order chi connectivity index (χ0) is 25.7. The Hall–Kier alpha value is -3.70. The van der Waals surface area contributed by atoms with Crippen molar-refractivity contribution in [2.45, 2.75) is 31.3 Å². The summed E-state index contributed by atoms with van der Waals surface area (Å²) >= 11 is 0. The van der Waals surface area contributed by atoms with Gasteiger partial charge in [-0.2, -0.15) is 0 Å². The van der Waals surface area contributed by atoms with E-state index in [2.05, 4.69) is 15.3 Å². The first kappa shape index (κ1) is 25.4. The second kappa shape index (κ2) is 10.9. The first-order valence-corrected chi connectivity index (χ1v) is 13.0. The highest BCUT2D eigenvalue weighted by Gasteiger charge is 2.24. The van der Waals surface area contributed by atoms with Gasteiger partial charge in [-0.25, -0.2) is 13.4 Å². The van der Waals surface area contributed by atoms with E-state index in [9.17, 15) is 13.2 Å². The van der Waals surface area contributed by atoms with Crippen LogP contribution in [0, 0.1) is 6.92 Å². The van der Waals surface area contributed by atoms with Gasteiger partial charge >= 0.3 is 0 Å². The summed E-state index contributed by atoms with van der Waals surface area (Å²) in [6, 6.07) is 9.33. The second-order valence-corrected chi connectivity index (χ2v) is 10.3. The Kier molecular flexibility index (Phi) is 7.70. The molecule has 1 atom stereocenters. The number of fused-ring (bicyclic) bond motifs is 1. The summed E-state index contributed by atoms with van der Waals surface area (Å²) < 4.78 is 47.5. The molecule has 1 amide bonds. The summed E-state index contributed by atoms with van der Waals surface area (Å²) in [6.07, 6.45) is 3.16. The number of carbonyl (C=O) groups is 1. The van der Waals surface area contributed by atoms with E-state index in [0.29, 0.717) is 30.2 Å². The van der Waals surface area contributed by atoms with Crippen molar-refractivity contribution in [3.05, 3.63) is 60.0 Å². The van der Waals surface area contributed by atoms with Crippen LogP contribution in [-0.2, 0) is 14.6 Å². The molecule has 1 aliphatic rings. The number of ether oxygens (including phenoxy) is 4. The van der Waals surface area contributed by atoms with Crippen molar-refractivity contribution in [2.24, 2.45) is 0 Å². The number of hydrogen-bond donors (Lipinski definition) is 1. The van der Waals surface area contributed by atoms with Gasteiger partial charge in [-0.1, -0.05) is 0 Å². The fraction of sp³-hybridized carbons (Fsp3) is 0.320. The number of carbonyl (C=O) groups excluding carboxylic acids is 1.